The number of nitrogens with two attached hydrogens (primary N) is 1. The monoisotopic (exact) mass is 303 g/mol. The molecule has 0 aliphatic rings. The highest BCUT2D eigenvalue weighted by atomic mass is 16.3. The molecule has 0 amide bonds. The van der Waals surface area contributed by atoms with Gasteiger partial charge in [0.25, 0.3) is 0 Å². The zero-order chi connectivity index (χ0) is 16.0. The molecule has 21 heavy (non-hydrogen) atoms. The van der Waals surface area contributed by atoms with Crippen LogP contribution in [0.25, 0.3) is 0 Å². The second-order valence-corrected chi connectivity index (χ2v) is 6.39. The molecular formula is C17H37NO3. The molecule has 128 valence electrons. The highest BCUT2D eigenvalue weighted by molar-refractivity contribution is 4.90. The van der Waals surface area contributed by atoms with Crippen LogP contribution in [-0.4, -0.2) is 40.2 Å². The standard InChI is InChI=1S/C17H37NO3/c1-2-3-4-5-6-7-8-9-10-11-12-13-16(21)17(18,14-19)15-20/h16,19-21H,2-15,18H2,1H3. The molecule has 0 aliphatic heterocycles. The smallest absolute Gasteiger partial charge is 0.0885 e. The first-order chi connectivity index (χ1) is 10.1. The topological polar surface area (TPSA) is 86.7 Å². The SMILES string of the molecule is CCCCCCCCCCCCCC(O)C(N)(CO)CO. The summed E-state index contributed by atoms with van der Waals surface area (Å²) < 4.78 is 0. The fraction of sp³-hybridized carbons (Fsp3) is 1.00. The van der Waals surface area contributed by atoms with Crippen LogP contribution in [0.3, 0.4) is 0 Å². The molecule has 0 aliphatic carbocycles. The Morgan fingerprint density at radius 3 is 1.52 bits per heavy atom. The van der Waals surface area contributed by atoms with Crippen molar-refractivity contribution in [2.75, 3.05) is 13.2 Å². The summed E-state index contributed by atoms with van der Waals surface area (Å²) in [6.07, 6.45) is 13.6. The molecule has 0 aromatic carbocycles. The zero-order valence-corrected chi connectivity index (χ0v) is 13.9. The van der Waals surface area contributed by atoms with Crippen molar-refractivity contribution in [1.29, 1.82) is 0 Å². The fourth-order valence-electron chi connectivity index (χ4n) is 2.55. The van der Waals surface area contributed by atoms with Gasteiger partial charge in [0.2, 0.25) is 0 Å². The van der Waals surface area contributed by atoms with Crippen LogP contribution in [0, 0.1) is 0 Å². The van der Waals surface area contributed by atoms with Crippen molar-refractivity contribution in [2.24, 2.45) is 5.73 Å². The van der Waals surface area contributed by atoms with Crippen molar-refractivity contribution in [3.8, 4) is 0 Å². The van der Waals surface area contributed by atoms with Crippen molar-refractivity contribution in [3.05, 3.63) is 0 Å². The van der Waals surface area contributed by atoms with E-state index < -0.39 is 11.6 Å². The number of rotatable bonds is 15. The molecule has 1 unspecified atom stereocenters. The van der Waals surface area contributed by atoms with Crippen LogP contribution in [0.4, 0.5) is 0 Å². The van der Waals surface area contributed by atoms with E-state index >= 15 is 0 Å². The zero-order valence-electron chi connectivity index (χ0n) is 13.9. The highest BCUT2D eigenvalue weighted by Gasteiger charge is 2.31. The predicted molar refractivity (Wildman–Crippen MR) is 88.2 cm³/mol. The van der Waals surface area contributed by atoms with E-state index in [0.717, 1.165) is 12.8 Å². The van der Waals surface area contributed by atoms with E-state index in [2.05, 4.69) is 6.92 Å². The van der Waals surface area contributed by atoms with Gasteiger partial charge in [-0.15, -0.1) is 0 Å². The molecule has 0 rings (SSSR count). The van der Waals surface area contributed by atoms with Crippen molar-refractivity contribution >= 4 is 0 Å². The van der Waals surface area contributed by atoms with E-state index in [9.17, 15) is 5.11 Å². The van der Waals surface area contributed by atoms with Gasteiger partial charge in [0.1, 0.15) is 0 Å². The minimum atomic E-state index is -1.25. The molecule has 0 spiro atoms. The van der Waals surface area contributed by atoms with E-state index in [0.29, 0.717) is 6.42 Å². The van der Waals surface area contributed by atoms with Gasteiger partial charge in [0, 0.05) is 0 Å². The Labute approximate surface area is 130 Å². The lowest BCUT2D eigenvalue weighted by molar-refractivity contribution is 0.00238. The Balaban J connectivity index is 3.36. The Morgan fingerprint density at radius 1 is 0.762 bits per heavy atom. The maximum atomic E-state index is 9.87. The highest BCUT2D eigenvalue weighted by Crippen LogP contribution is 2.16. The van der Waals surface area contributed by atoms with Gasteiger partial charge in [-0.2, -0.15) is 0 Å². The minimum absolute atomic E-state index is 0.386. The summed E-state index contributed by atoms with van der Waals surface area (Å²) in [5, 5.41) is 28.0. The molecule has 1 atom stereocenters. The summed E-state index contributed by atoms with van der Waals surface area (Å²) in [4.78, 5) is 0. The van der Waals surface area contributed by atoms with Crippen LogP contribution in [0.2, 0.25) is 0 Å². The summed E-state index contributed by atoms with van der Waals surface area (Å²) in [5.74, 6) is 0. The molecule has 0 fully saturated rings. The van der Waals surface area contributed by atoms with Crippen LogP contribution in [0.1, 0.15) is 84.0 Å². The Morgan fingerprint density at radius 2 is 1.14 bits per heavy atom. The van der Waals surface area contributed by atoms with Gasteiger partial charge in [-0.3, -0.25) is 0 Å². The summed E-state index contributed by atoms with van der Waals surface area (Å²) >= 11 is 0. The Hall–Kier alpha value is -0.160. The van der Waals surface area contributed by atoms with Crippen molar-refractivity contribution in [3.63, 3.8) is 0 Å². The van der Waals surface area contributed by atoms with Crippen LogP contribution >= 0.6 is 0 Å². The molecule has 0 aromatic heterocycles. The van der Waals surface area contributed by atoms with Crippen LogP contribution < -0.4 is 5.73 Å². The third kappa shape index (κ3) is 10.2. The predicted octanol–water partition coefficient (Wildman–Crippen LogP) is 2.73. The molecule has 4 heteroatoms. The lowest BCUT2D eigenvalue weighted by Crippen LogP contribution is -2.56. The number of aliphatic hydroxyl groups excluding tert-OH is 3. The van der Waals surface area contributed by atoms with E-state index in [-0.39, 0.29) is 13.2 Å². The quantitative estimate of drug-likeness (QED) is 0.350. The summed E-state index contributed by atoms with van der Waals surface area (Å²) in [7, 11) is 0. The minimum Gasteiger partial charge on any atom is -0.394 e. The molecule has 0 bridgehead atoms. The van der Waals surface area contributed by atoms with Crippen molar-refractivity contribution < 1.29 is 15.3 Å². The average molecular weight is 303 g/mol. The molecule has 5 N–H and O–H groups in total. The van der Waals surface area contributed by atoms with E-state index in [4.69, 9.17) is 15.9 Å². The number of unbranched alkanes of at least 4 members (excludes halogenated alkanes) is 10. The summed E-state index contributed by atoms with van der Waals surface area (Å²) in [5.41, 5.74) is 4.47. The number of hydrogen-bond acceptors (Lipinski definition) is 4. The maximum absolute atomic E-state index is 9.87. The van der Waals surface area contributed by atoms with E-state index in [1.165, 1.54) is 57.8 Å². The largest absolute Gasteiger partial charge is 0.394 e. The molecule has 0 radical (unpaired) electrons. The summed E-state index contributed by atoms with van der Waals surface area (Å²) in [6.45, 7) is 1.47. The lowest BCUT2D eigenvalue weighted by Gasteiger charge is -2.30. The van der Waals surface area contributed by atoms with Crippen LogP contribution in [0.5, 0.6) is 0 Å². The Kier molecular flexibility index (Phi) is 13.4. The fourth-order valence-corrected chi connectivity index (χ4v) is 2.55. The Bertz CT molecular complexity index is 220. The average Bonchev–Trinajstić information content (AvgIpc) is 2.51. The van der Waals surface area contributed by atoms with Gasteiger partial charge in [0.15, 0.2) is 0 Å². The second-order valence-electron chi connectivity index (χ2n) is 6.39. The number of aliphatic hydroxyl groups is 3. The lowest BCUT2D eigenvalue weighted by atomic mass is 9.91. The third-order valence-electron chi connectivity index (χ3n) is 4.33. The van der Waals surface area contributed by atoms with Gasteiger partial charge in [0.05, 0.1) is 24.9 Å². The normalized spacial score (nSPS) is 13.6. The van der Waals surface area contributed by atoms with E-state index in [1.54, 1.807) is 0 Å². The molecule has 0 saturated heterocycles. The van der Waals surface area contributed by atoms with Gasteiger partial charge in [-0.1, -0.05) is 77.6 Å². The molecular weight excluding hydrogens is 266 g/mol. The van der Waals surface area contributed by atoms with Crippen molar-refractivity contribution in [1.82, 2.24) is 0 Å². The first kappa shape index (κ1) is 20.8. The first-order valence-electron chi connectivity index (χ1n) is 8.79. The van der Waals surface area contributed by atoms with E-state index in [1.807, 2.05) is 0 Å². The molecule has 0 saturated carbocycles. The van der Waals surface area contributed by atoms with Crippen LogP contribution in [-0.2, 0) is 0 Å². The summed E-state index contributed by atoms with van der Waals surface area (Å²) in [6, 6.07) is 0. The van der Waals surface area contributed by atoms with Gasteiger partial charge < -0.3 is 21.1 Å². The third-order valence-corrected chi connectivity index (χ3v) is 4.33. The van der Waals surface area contributed by atoms with Gasteiger partial charge in [-0.05, 0) is 6.42 Å². The molecule has 0 heterocycles. The first-order valence-corrected chi connectivity index (χ1v) is 8.79. The second kappa shape index (κ2) is 13.5. The maximum Gasteiger partial charge on any atom is 0.0885 e. The van der Waals surface area contributed by atoms with Gasteiger partial charge in [-0.25, -0.2) is 0 Å². The molecule has 4 nitrogen and oxygen atoms in total. The molecule has 0 aromatic rings. The van der Waals surface area contributed by atoms with Gasteiger partial charge >= 0.3 is 0 Å². The number of hydrogen-bond donors (Lipinski definition) is 4. The van der Waals surface area contributed by atoms with Crippen molar-refractivity contribution in [2.45, 2.75) is 95.6 Å². The van der Waals surface area contributed by atoms with Crippen LogP contribution in [0.15, 0.2) is 0 Å².